The second kappa shape index (κ2) is 14.4. The zero-order valence-electron chi connectivity index (χ0n) is 24.6. The summed E-state index contributed by atoms with van der Waals surface area (Å²) in [6.07, 6.45) is 0.553. The number of carboxylic acid groups (broad SMARTS) is 1. The van der Waals surface area contributed by atoms with Gasteiger partial charge < -0.3 is 34.4 Å². The van der Waals surface area contributed by atoms with E-state index in [9.17, 15) is 29.1 Å². The van der Waals surface area contributed by atoms with Crippen molar-refractivity contribution in [3.8, 4) is 11.6 Å². The van der Waals surface area contributed by atoms with Gasteiger partial charge in [0.05, 0.1) is 23.9 Å². The number of carbonyl (C=O) groups is 5. The quantitative estimate of drug-likeness (QED) is 0.331. The summed E-state index contributed by atoms with van der Waals surface area (Å²) in [5.41, 5.74) is -0.993. The topological polar surface area (TPSA) is 170 Å². The van der Waals surface area contributed by atoms with E-state index in [1.807, 2.05) is 0 Å². The Morgan fingerprint density at radius 3 is 2.27 bits per heavy atom. The highest BCUT2D eigenvalue weighted by atomic mass is 35.5. The number of carboxylic acids is 1. The van der Waals surface area contributed by atoms with Crippen molar-refractivity contribution in [2.75, 3.05) is 39.4 Å². The monoisotopic (exact) mass is 633 g/mol. The van der Waals surface area contributed by atoms with Gasteiger partial charge in [0.25, 0.3) is 5.91 Å². The first-order valence-corrected chi connectivity index (χ1v) is 14.9. The van der Waals surface area contributed by atoms with Crippen LogP contribution in [0.1, 0.15) is 56.4 Å². The molecule has 1 aliphatic heterocycles. The van der Waals surface area contributed by atoms with Crippen LogP contribution in [0.2, 0.25) is 5.02 Å². The first-order chi connectivity index (χ1) is 21.1. The average molecular weight is 634 g/mol. The van der Waals surface area contributed by atoms with E-state index in [1.165, 1.54) is 20.5 Å². The largest absolute Gasteiger partial charge is 0.481 e. The van der Waals surface area contributed by atoms with Gasteiger partial charge in [-0.25, -0.2) is 9.59 Å². The van der Waals surface area contributed by atoms with Crippen LogP contribution in [-0.2, 0) is 23.9 Å². The van der Waals surface area contributed by atoms with Gasteiger partial charge in [0.2, 0.25) is 17.4 Å². The third-order valence-corrected chi connectivity index (χ3v) is 7.79. The van der Waals surface area contributed by atoms with Crippen molar-refractivity contribution < 1.29 is 43.3 Å². The van der Waals surface area contributed by atoms with Crippen LogP contribution in [0, 0.1) is 0 Å². The summed E-state index contributed by atoms with van der Waals surface area (Å²) in [4.78, 5) is 66.1. The smallest absolute Gasteiger partial charge is 0.409 e. The molecule has 1 aromatic carbocycles. The molecule has 2 fully saturated rings. The molecule has 0 unspecified atom stereocenters. The van der Waals surface area contributed by atoms with Gasteiger partial charge >= 0.3 is 18.0 Å². The lowest BCUT2D eigenvalue weighted by Gasteiger charge is -2.38. The lowest BCUT2D eigenvalue weighted by atomic mass is 9.80. The molecule has 4 rings (SSSR count). The van der Waals surface area contributed by atoms with Gasteiger partial charge in [-0.05, 0) is 51.7 Å². The number of amides is 3. The first kappa shape index (κ1) is 32.6. The number of nitrogens with zero attached hydrogens (tertiary/aromatic N) is 4. The zero-order valence-corrected chi connectivity index (χ0v) is 25.4. The predicted octanol–water partition coefficient (Wildman–Crippen LogP) is 2.65. The molecule has 3 amide bonds. The third kappa shape index (κ3) is 7.41. The van der Waals surface area contributed by atoms with E-state index in [0.29, 0.717) is 23.6 Å². The fraction of sp³-hybridized carbons (Fsp3) is 0.517. The number of benzene rings is 1. The second-order valence-corrected chi connectivity index (χ2v) is 10.8. The Hall–Kier alpha value is -4.33. The normalized spacial score (nSPS) is 16.3. The number of nitrogens with one attached hydrogen (secondary N) is 1. The molecule has 238 valence electrons. The highest BCUT2D eigenvalue weighted by molar-refractivity contribution is 6.32. The van der Waals surface area contributed by atoms with E-state index < -0.39 is 41.5 Å². The molecule has 0 bridgehead atoms. The number of hydrogen-bond donors (Lipinski definition) is 2. The minimum Gasteiger partial charge on any atom is -0.481 e. The number of piperazine rings is 1. The lowest BCUT2D eigenvalue weighted by molar-refractivity contribution is -0.170. The molecule has 0 spiro atoms. The molecule has 44 heavy (non-hydrogen) atoms. The number of ether oxygens (including phenoxy) is 3. The molecule has 2 heterocycles. The minimum atomic E-state index is -1.24. The minimum absolute atomic E-state index is 0.0690. The molecule has 15 heteroatoms. The zero-order chi connectivity index (χ0) is 31.9. The van der Waals surface area contributed by atoms with Gasteiger partial charge in [-0.1, -0.05) is 23.7 Å². The van der Waals surface area contributed by atoms with Gasteiger partial charge in [-0.2, -0.15) is 9.78 Å². The van der Waals surface area contributed by atoms with E-state index in [0.717, 1.165) is 6.42 Å². The fourth-order valence-corrected chi connectivity index (χ4v) is 5.17. The van der Waals surface area contributed by atoms with Crippen LogP contribution in [0.4, 0.5) is 4.79 Å². The third-order valence-electron chi connectivity index (χ3n) is 7.47. The van der Waals surface area contributed by atoms with Crippen molar-refractivity contribution in [1.82, 2.24) is 24.9 Å². The van der Waals surface area contributed by atoms with Gasteiger partial charge in [-0.15, -0.1) is 0 Å². The Morgan fingerprint density at radius 2 is 1.68 bits per heavy atom. The van der Waals surface area contributed by atoms with E-state index in [4.69, 9.17) is 25.8 Å². The van der Waals surface area contributed by atoms with Crippen LogP contribution in [-0.4, -0.2) is 106 Å². The van der Waals surface area contributed by atoms with Crippen LogP contribution >= 0.6 is 11.6 Å². The Balaban J connectivity index is 1.57. The van der Waals surface area contributed by atoms with E-state index in [-0.39, 0.29) is 63.8 Å². The summed E-state index contributed by atoms with van der Waals surface area (Å²) < 4.78 is 17.8. The summed E-state index contributed by atoms with van der Waals surface area (Å²) in [6.45, 7) is 4.63. The first-order valence-electron chi connectivity index (χ1n) is 14.5. The Labute approximate surface area is 259 Å². The summed E-state index contributed by atoms with van der Waals surface area (Å²) in [5, 5.41) is 16.6. The summed E-state index contributed by atoms with van der Waals surface area (Å²) in [6, 6.07) is 6.90. The number of aromatic nitrogens is 2. The SMILES string of the molecule is CCOC(=O)N1CCN(C(=O)[C@H](CCC(=O)O)NC(=O)c2cc(OC3(C(=O)OCC)CCC3)n(-c3ccccc3Cl)n2)CC1. The van der Waals surface area contributed by atoms with Crippen LogP contribution in [0.25, 0.3) is 5.69 Å². The molecule has 14 nitrogen and oxygen atoms in total. The van der Waals surface area contributed by atoms with Crippen molar-refractivity contribution in [2.24, 2.45) is 0 Å². The Bertz CT molecular complexity index is 1380. The van der Waals surface area contributed by atoms with Crippen LogP contribution < -0.4 is 10.1 Å². The molecule has 0 radical (unpaired) electrons. The van der Waals surface area contributed by atoms with Gasteiger partial charge in [0, 0.05) is 38.7 Å². The number of aliphatic carboxylic acids is 1. The number of halogens is 1. The molecule has 1 aliphatic carbocycles. The van der Waals surface area contributed by atoms with E-state index >= 15 is 0 Å². The van der Waals surface area contributed by atoms with Crippen molar-refractivity contribution >= 4 is 41.4 Å². The van der Waals surface area contributed by atoms with Gasteiger partial charge in [-0.3, -0.25) is 14.4 Å². The predicted molar refractivity (Wildman–Crippen MR) is 156 cm³/mol. The molecule has 2 aliphatic rings. The summed E-state index contributed by atoms with van der Waals surface area (Å²) >= 11 is 6.43. The van der Waals surface area contributed by atoms with Crippen LogP contribution in [0.5, 0.6) is 5.88 Å². The standard InChI is InChI=1S/C29H36ClN5O9/c1-3-42-27(40)29(12-7-13-29)44-23-18-21(32-35(23)22-9-6-5-8-19(22)30)25(38)31-20(10-11-24(36)37)26(39)33-14-16-34(17-15-33)28(41)43-4-2/h5-6,8-9,18,20H,3-4,7,10-17H2,1-2H3,(H,31,38)(H,36,37)/t20-/m0/s1. The highest BCUT2D eigenvalue weighted by Crippen LogP contribution is 2.39. The van der Waals surface area contributed by atoms with Gasteiger partial charge in [0.1, 0.15) is 6.04 Å². The van der Waals surface area contributed by atoms with E-state index in [2.05, 4.69) is 10.4 Å². The summed E-state index contributed by atoms with van der Waals surface area (Å²) in [5.74, 6) is -2.83. The fourth-order valence-electron chi connectivity index (χ4n) is 4.95. The maximum atomic E-state index is 13.5. The highest BCUT2D eigenvalue weighted by Gasteiger charge is 2.49. The van der Waals surface area contributed by atoms with Crippen molar-refractivity contribution in [1.29, 1.82) is 0 Å². The van der Waals surface area contributed by atoms with Crippen LogP contribution in [0.3, 0.4) is 0 Å². The molecule has 1 aromatic heterocycles. The molecular weight excluding hydrogens is 598 g/mol. The maximum Gasteiger partial charge on any atom is 0.409 e. The number of para-hydroxylation sites is 1. The number of hydrogen-bond acceptors (Lipinski definition) is 9. The average Bonchev–Trinajstić information content (AvgIpc) is 3.40. The molecular formula is C29H36ClN5O9. The molecule has 2 aromatic rings. The van der Waals surface area contributed by atoms with Crippen LogP contribution in [0.15, 0.2) is 30.3 Å². The van der Waals surface area contributed by atoms with E-state index in [1.54, 1.807) is 38.1 Å². The molecule has 1 saturated heterocycles. The number of carbonyl (C=O) groups excluding carboxylic acids is 4. The maximum absolute atomic E-state index is 13.5. The lowest BCUT2D eigenvalue weighted by Crippen LogP contribution is -2.56. The molecule has 2 N–H and O–H groups in total. The van der Waals surface area contributed by atoms with Crippen molar-refractivity contribution in [2.45, 2.75) is 57.6 Å². The number of rotatable bonds is 12. The summed E-state index contributed by atoms with van der Waals surface area (Å²) in [7, 11) is 0. The molecule has 1 saturated carbocycles. The van der Waals surface area contributed by atoms with Crippen molar-refractivity contribution in [3.05, 3.63) is 41.0 Å². The number of esters is 1. The Kier molecular flexibility index (Phi) is 10.7. The Morgan fingerprint density at radius 1 is 1.02 bits per heavy atom. The second-order valence-electron chi connectivity index (χ2n) is 10.4. The van der Waals surface area contributed by atoms with Crippen molar-refractivity contribution in [3.63, 3.8) is 0 Å². The molecule has 1 atom stereocenters. The van der Waals surface area contributed by atoms with Gasteiger partial charge in [0.15, 0.2) is 5.69 Å².